The molecule has 16 heavy (non-hydrogen) atoms. The lowest BCUT2D eigenvalue weighted by Gasteiger charge is -2.12. The van der Waals surface area contributed by atoms with E-state index in [1.807, 2.05) is 0 Å². The molecule has 0 spiro atoms. The van der Waals surface area contributed by atoms with Crippen molar-refractivity contribution in [1.82, 2.24) is 0 Å². The number of methoxy groups -OCH3 is 1. The first-order valence-corrected chi connectivity index (χ1v) is 6.64. The predicted octanol–water partition coefficient (Wildman–Crippen LogP) is 1.39. The van der Waals surface area contributed by atoms with Crippen LogP contribution < -0.4 is 5.73 Å². The molecule has 1 atom stereocenters. The largest absolute Gasteiger partial charge is 0.398 e. The molecule has 0 saturated heterocycles. The van der Waals surface area contributed by atoms with Gasteiger partial charge in [-0.05, 0) is 31.5 Å². The summed E-state index contributed by atoms with van der Waals surface area (Å²) < 4.78 is 29.0. The van der Waals surface area contributed by atoms with Gasteiger partial charge in [-0.1, -0.05) is 6.07 Å². The molecule has 1 aromatic rings. The predicted molar refractivity (Wildman–Crippen MR) is 64.1 cm³/mol. The summed E-state index contributed by atoms with van der Waals surface area (Å²) >= 11 is 0. The molecule has 1 unspecified atom stereocenters. The zero-order valence-electron chi connectivity index (χ0n) is 9.73. The summed E-state index contributed by atoms with van der Waals surface area (Å²) in [5.74, 6) is -0.0339. The highest BCUT2D eigenvalue weighted by Gasteiger charge is 2.20. The van der Waals surface area contributed by atoms with Gasteiger partial charge in [-0.3, -0.25) is 0 Å². The molecule has 0 saturated carbocycles. The van der Waals surface area contributed by atoms with E-state index in [1.54, 1.807) is 32.0 Å². The van der Waals surface area contributed by atoms with Crippen LogP contribution in [0, 0.1) is 6.92 Å². The molecule has 0 aliphatic rings. The zero-order valence-corrected chi connectivity index (χ0v) is 10.5. The molecule has 5 heteroatoms. The summed E-state index contributed by atoms with van der Waals surface area (Å²) in [7, 11) is -1.84. The van der Waals surface area contributed by atoms with Crippen LogP contribution in [0.25, 0.3) is 0 Å². The van der Waals surface area contributed by atoms with Gasteiger partial charge < -0.3 is 10.5 Å². The highest BCUT2D eigenvalue weighted by Crippen LogP contribution is 2.22. The lowest BCUT2D eigenvalue weighted by molar-refractivity contribution is 0.136. The fourth-order valence-corrected chi connectivity index (χ4v) is 3.24. The molecule has 0 bridgehead atoms. The minimum atomic E-state index is -3.33. The van der Waals surface area contributed by atoms with Gasteiger partial charge in [-0.25, -0.2) is 8.42 Å². The van der Waals surface area contributed by atoms with Gasteiger partial charge in [0.1, 0.15) is 0 Å². The molecule has 4 nitrogen and oxygen atoms in total. The average Bonchev–Trinajstić information content (AvgIpc) is 2.21. The summed E-state index contributed by atoms with van der Waals surface area (Å²) in [4.78, 5) is 0.288. The van der Waals surface area contributed by atoms with Gasteiger partial charge in [0.2, 0.25) is 0 Å². The first kappa shape index (κ1) is 13.0. The molecule has 90 valence electrons. The molecule has 2 N–H and O–H groups in total. The van der Waals surface area contributed by atoms with Crippen molar-refractivity contribution >= 4 is 15.5 Å². The fourth-order valence-electron chi connectivity index (χ4n) is 1.44. The van der Waals surface area contributed by atoms with Gasteiger partial charge in [-0.2, -0.15) is 0 Å². The van der Waals surface area contributed by atoms with E-state index in [0.717, 1.165) is 0 Å². The lowest BCUT2D eigenvalue weighted by atomic mass is 10.2. The number of anilines is 1. The molecule has 1 aromatic carbocycles. The quantitative estimate of drug-likeness (QED) is 0.811. The number of nitrogen functional groups attached to an aromatic ring is 1. The maximum absolute atomic E-state index is 12.0. The van der Waals surface area contributed by atoms with Crippen LogP contribution in [0.5, 0.6) is 0 Å². The highest BCUT2D eigenvalue weighted by molar-refractivity contribution is 7.91. The van der Waals surface area contributed by atoms with E-state index in [0.29, 0.717) is 11.3 Å². The van der Waals surface area contributed by atoms with Crippen molar-refractivity contribution in [3.8, 4) is 0 Å². The highest BCUT2D eigenvalue weighted by atomic mass is 32.2. The summed E-state index contributed by atoms with van der Waals surface area (Å²) in [6.07, 6.45) is -0.328. The van der Waals surface area contributed by atoms with Gasteiger partial charge in [0.15, 0.2) is 9.84 Å². The standard InChI is InChI=1S/C11H17NO3S/c1-8(15-3)7-16(13,14)11-6-4-5-10(12)9(11)2/h4-6,8H,7,12H2,1-3H3. The number of nitrogens with two attached hydrogens (primary N) is 1. The van der Waals surface area contributed by atoms with Crippen LogP contribution in [0.4, 0.5) is 5.69 Å². The van der Waals surface area contributed by atoms with Crippen LogP contribution in [-0.2, 0) is 14.6 Å². The van der Waals surface area contributed by atoms with Crippen molar-refractivity contribution in [1.29, 1.82) is 0 Å². The molecule has 0 fully saturated rings. The van der Waals surface area contributed by atoms with Gasteiger partial charge in [0.25, 0.3) is 0 Å². The SMILES string of the molecule is COC(C)CS(=O)(=O)c1cccc(N)c1C. The Bertz CT molecular complexity index is 468. The second kappa shape index (κ2) is 4.84. The van der Waals surface area contributed by atoms with Gasteiger partial charge in [0, 0.05) is 12.8 Å². The Kier molecular flexibility index (Phi) is 3.93. The number of rotatable bonds is 4. The number of hydrogen-bond acceptors (Lipinski definition) is 4. The minimum absolute atomic E-state index is 0.0339. The first-order valence-electron chi connectivity index (χ1n) is 4.99. The Morgan fingerprint density at radius 2 is 2.06 bits per heavy atom. The van der Waals surface area contributed by atoms with E-state index < -0.39 is 9.84 Å². The second-order valence-corrected chi connectivity index (χ2v) is 5.80. The van der Waals surface area contributed by atoms with Crippen molar-refractivity contribution in [3.63, 3.8) is 0 Å². The number of hydrogen-bond donors (Lipinski definition) is 1. The second-order valence-electron chi connectivity index (χ2n) is 3.80. The molecule has 0 aromatic heterocycles. The maximum Gasteiger partial charge on any atom is 0.181 e. The van der Waals surface area contributed by atoms with Crippen LogP contribution in [0.1, 0.15) is 12.5 Å². The Labute approximate surface area is 96.3 Å². The Morgan fingerprint density at radius 1 is 1.44 bits per heavy atom. The summed E-state index contributed by atoms with van der Waals surface area (Å²) in [6.45, 7) is 3.43. The van der Waals surface area contributed by atoms with E-state index in [9.17, 15) is 8.42 Å². The molecule has 0 aliphatic carbocycles. The molecule has 1 rings (SSSR count). The van der Waals surface area contributed by atoms with Crippen LogP contribution in [0.15, 0.2) is 23.1 Å². The summed E-state index contributed by atoms with van der Waals surface area (Å²) in [6, 6.07) is 4.91. The van der Waals surface area contributed by atoms with Gasteiger partial charge >= 0.3 is 0 Å². The van der Waals surface area contributed by atoms with Crippen LogP contribution >= 0.6 is 0 Å². The fraction of sp³-hybridized carbons (Fsp3) is 0.455. The van der Waals surface area contributed by atoms with Crippen LogP contribution in [0.3, 0.4) is 0 Å². The zero-order chi connectivity index (χ0) is 12.3. The van der Waals surface area contributed by atoms with Crippen molar-refractivity contribution < 1.29 is 13.2 Å². The molecular weight excluding hydrogens is 226 g/mol. The minimum Gasteiger partial charge on any atom is -0.398 e. The Morgan fingerprint density at radius 3 is 2.62 bits per heavy atom. The van der Waals surface area contributed by atoms with Crippen molar-refractivity contribution in [3.05, 3.63) is 23.8 Å². The lowest BCUT2D eigenvalue weighted by Crippen LogP contribution is -2.20. The number of benzene rings is 1. The summed E-state index contributed by atoms with van der Waals surface area (Å²) in [5, 5.41) is 0. The molecule has 0 heterocycles. The summed E-state index contributed by atoms with van der Waals surface area (Å²) in [5.41, 5.74) is 6.78. The molecule has 0 aliphatic heterocycles. The van der Waals surface area contributed by atoms with E-state index in [4.69, 9.17) is 10.5 Å². The molecule has 0 amide bonds. The van der Waals surface area contributed by atoms with E-state index >= 15 is 0 Å². The monoisotopic (exact) mass is 243 g/mol. The molecule has 0 radical (unpaired) electrons. The van der Waals surface area contributed by atoms with E-state index in [-0.39, 0.29) is 16.8 Å². The van der Waals surface area contributed by atoms with E-state index in [2.05, 4.69) is 0 Å². The van der Waals surface area contributed by atoms with E-state index in [1.165, 1.54) is 7.11 Å². The smallest absolute Gasteiger partial charge is 0.181 e. The molecular formula is C11H17NO3S. The number of sulfone groups is 1. The first-order chi connectivity index (χ1) is 7.38. The van der Waals surface area contributed by atoms with Crippen LogP contribution in [0.2, 0.25) is 0 Å². The maximum atomic E-state index is 12.0. The third kappa shape index (κ3) is 2.74. The third-order valence-corrected chi connectivity index (χ3v) is 4.54. The third-order valence-electron chi connectivity index (χ3n) is 2.52. The van der Waals surface area contributed by atoms with Crippen LogP contribution in [-0.4, -0.2) is 27.4 Å². The van der Waals surface area contributed by atoms with Gasteiger partial charge in [-0.15, -0.1) is 0 Å². The topological polar surface area (TPSA) is 69.4 Å². The van der Waals surface area contributed by atoms with Crippen molar-refractivity contribution in [2.75, 3.05) is 18.6 Å². The average molecular weight is 243 g/mol. The Hall–Kier alpha value is -1.07. The van der Waals surface area contributed by atoms with Crippen molar-refractivity contribution in [2.45, 2.75) is 24.8 Å². The Balaban J connectivity index is 3.13. The normalized spacial score (nSPS) is 13.7. The number of ether oxygens (including phenoxy) is 1. The van der Waals surface area contributed by atoms with Gasteiger partial charge in [0.05, 0.1) is 16.8 Å². The van der Waals surface area contributed by atoms with Crippen molar-refractivity contribution in [2.24, 2.45) is 0 Å².